The normalized spacial score (nSPS) is 16.0. The van der Waals surface area contributed by atoms with Gasteiger partial charge in [-0.25, -0.2) is 14.1 Å². The lowest BCUT2D eigenvalue weighted by atomic mass is 9.96. The van der Waals surface area contributed by atoms with Gasteiger partial charge in [0.15, 0.2) is 5.65 Å². The second-order valence-corrected chi connectivity index (χ2v) is 9.28. The van der Waals surface area contributed by atoms with Gasteiger partial charge >= 0.3 is 0 Å². The fourth-order valence-corrected chi connectivity index (χ4v) is 5.05. The van der Waals surface area contributed by atoms with E-state index >= 15 is 0 Å². The number of hydrogen-bond donors (Lipinski definition) is 0. The van der Waals surface area contributed by atoms with Crippen molar-refractivity contribution in [3.8, 4) is 17.3 Å². The van der Waals surface area contributed by atoms with E-state index in [2.05, 4.69) is 15.2 Å². The first-order valence-corrected chi connectivity index (χ1v) is 12.1. The number of halogens is 1. The highest BCUT2D eigenvalue weighted by Gasteiger charge is 2.29. The molecule has 10 heteroatoms. The molecule has 1 aliphatic heterocycles. The van der Waals surface area contributed by atoms with Gasteiger partial charge in [0.05, 0.1) is 18.4 Å². The van der Waals surface area contributed by atoms with Crippen molar-refractivity contribution in [3.63, 3.8) is 0 Å². The standard InChI is InChI=1S/C26H29FN6O3/c1-15-20(16(2)28-24-22(15)26(35-4)30-32(24)3)10-11-21(34)33-12-6-8-18(14-33)25-29-23(31-36-25)17-7-5-9-19(27)13-17/h5,7,9,13,18H,6,8,10-12,14H2,1-4H3. The zero-order chi connectivity index (χ0) is 25.4. The molecule has 5 rings (SSSR count). The molecule has 4 heterocycles. The minimum Gasteiger partial charge on any atom is -0.479 e. The zero-order valence-electron chi connectivity index (χ0n) is 20.9. The lowest BCUT2D eigenvalue weighted by Gasteiger charge is -2.31. The van der Waals surface area contributed by atoms with Crippen molar-refractivity contribution in [1.29, 1.82) is 0 Å². The van der Waals surface area contributed by atoms with E-state index in [-0.39, 0.29) is 17.6 Å². The summed E-state index contributed by atoms with van der Waals surface area (Å²) in [7, 11) is 3.44. The van der Waals surface area contributed by atoms with Crippen molar-refractivity contribution in [2.45, 2.75) is 45.4 Å². The van der Waals surface area contributed by atoms with Gasteiger partial charge in [-0.3, -0.25) is 4.79 Å². The van der Waals surface area contributed by atoms with Crippen LogP contribution in [0.25, 0.3) is 22.4 Å². The molecule has 1 aliphatic rings. The van der Waals surface area contributed by atoms with Gasteiger partial charge in [-0.15, -0.1) is 5.10 Å². The number of piperidine rings is 1. The van der Waals surface area contributed by atoms with Gasteiger partial charge in [0.2, 0.25) is 23.5 Å². The summed E-state index contributed by atoms with van der Waals surface area (Å²) in [5.41, 5.74) is 4.32. The monoisotopic (exact) mass is 492 g/mol. The molecule has 1 amide bonds. The highest BCUT2D eigenvalue weighted by molar-refractivity contribution is 5.86. The van der Waals surface area contributed by atoms with Crippen molar-refractivity contribution in [2.75, 3.05) is 20.2 Å². The van der Waals surface area contributed by atoms with E-state index in [9.17, 15) is 9.18 Å². The van der Waals surface area contributed by atoms with Crippen LogP contribution in [0, 0.1) is 19.7 Å². The molecule has 9 nitrogen and oxygen atoms in total. The van der Waals surface area contributed by atoms with Crippen LogP contribution >= 0.6 is 0 Å². The van der Waals surface area contributed by atoms with Crippen molar-refractivity contribution < 1.29 is 18.4 Å². The molecule has 1 saturated heterocycles. The average molecular weight is 493 g/mol. The van der Waals surface area contributed by atoms with Crippen LogP contribution in [0.15, 0.2) is 28.8 Å². The van der Waals surface area contributed by atoms with Gasteiger partial charge in [0.1, 0.15) is 5.82 Å². The number of nitrogens with zero attached hydrogens (tertiary/aromatic N) is 6. The predicted octanol–water partition coefficient (Wildman–Crippen LogP) is 4.12. The molecule has 0 spiro atoms. The van der Waals surface area contributed by atoms with E-state index in [0.29, 0.717) is 49.1 Å². The highest BCUT2D eigenvalue weighted by atomic mass is 19.1. The van der Waals surface area contributed by atoms with Crippen LogP contribution in [0.1, 0.15) is 47.9 Å². The van der Waals surface area contributed by atoms with Crippen LogP contribution in [0.5, 0.6) is 5.88 Å². The third kappa shape index (κ3) is 4.43. The third-order valence-corrected chi connectivity index (χ3v) is 6.95. The topological polar surface area (TPSA) is 99.2 Å². The number of fused-ring (bicyclic) bond motifs is 1. The first-order chi connectivity index (χ1) is 17.4. The van der Waals surface area contributed by atoms with Gasteiger partial charge in [-0.2, -0.15) is 4.98 Å². The third-order valence-electron chi connectivity index (χ3n) is 6.95. The zero-order valence-corrected chi connectivity index (χ0v) is 20.9. The first-order valence-electron chi connectivity index (χ1n) is 12.1. The number of carbonyl (C=O) groups is 1. The number of aromatic nitrogens is 5. The molecular formula is C26H29FN6O3. The molecule has 188 valence electrons. The number of pyridine rings is 1. The molecule has 3 aromatic heterocycles. The Hall–Kier alpha value is -3.82. The highest BCUT2D eigenvalue weighted by Crippen LogP contribution is 2.31. The van der Waals surface area contributed by atoms with Crippen LogP contribution in [-0.4, -0.2) is 55.9 Å². The predicted molar refractivity (Wildman–Crippen MR) is 131 cm³/mol. The Morgan fingerprint density at radius 3 is 2.89 bits per heavy atom. The smallest absolute Gasteiger partial charge is 0.242 e. The van der Waals surface area contributed by atoms with E-state index in [4.69, 9.17) is 14.2 Å². The second-order valence-electron chi connectivity index (χ2n) is 9.28. The van der Waals surface area contributed by atoms with E-state index in [1.54, 1.807) is 23.9 Å². The lowest BCUT2D eigenvalue weighted by Crippen LogP contribution is -2.39. The molecule has 4 aromatic rings. The summed E-state index contributed by atoms with van der Waals surface area (Å²) in [4.78, 5) is 24.3. The lowest BCUT2D eigenvalue weighted by molar-refractivity contribution is -0.132. The van der Waals surface area contributed by atoms with E-state index in [1.807, 2.05) is 25.8 Å². The van der Waals surface area contributed by atoms with Crippen molar-refractivity contribution in [3.05, 3.63) is 52.8 Å². The maximum absolute atomic E-state index is 13.6. The molecule has 0 N–H and O–H groups in total. The Morgan fingerprint density at radius 2 is 2.11 bits per heavy atom. The Balaban J connectivity index is 1.28. The Kier molecular flexibility index (Phi) is 6.42. The van der Waals surface area contributed by atoms with E-state index in [0.717, 1.165) is 40.7 Å². The van der Waals surface area contributed by atoms with Crippen molar-refractivity contribution in [1.82, 2.24) is 29.8 Å². The Bertz CT molecular complexity index is 1430. The molecule has 36 heavy (non-hydrogen) atoms. The van der Waals surface area contributed by atoms with Gasteiger partial charge < -0.3 is 14.2 Å². The van der Waals surface area contributed by atoms with Gasteiger partial charge in [0, 0.05) is 37.8 Å². The Labute approximate surface area is 208 Å². The van der Waals surface area contributed by atoms with Crippen LogP contribution in [0.3, 0.4) is 0 Å². The summed E-state index contributed by atoms with van der Waals surface area (Å²) in [6.07, 6.45) is 2.67. The first kappa shape index (κ1) is 23.9. The summed E-state index contributed by atoms with van der Waals surface area (Å²) in [6, 6.07) is 6.11. The number of aryl methyl sites for hydroxylation is 3. The van der Waals surface area contributed by atoms with Gasteiger partial charge in [0.25, 0.3) is 0 Å². The average Bonchev–Trinajstić information content (AvgIpc) is 3.49. The quantitative estimate of drug-likeness (QED) is 0.399. The largest absolute Gasteiger partial charge is 0.479 e. The summed E-state index contributed by atoms with van der Waals surface area (Å²) in [5.74, 6) is 1.07. The maximum atomic E-state index is 13.6. The minimum absolute atomic E-state index is 0.0429. The van der Waals surface area contributed by atoms with Crippen molar-refractivity contribution in [2.24, 2.45) is 7.05 Å². The van der Waals surface area contributed by atoms with E-state index in [1.165, 1.54) is 12.1 Å². The van der Waals surface area contributed by atoms with Crippen LogP contribution in [0.2, 0.25) is 0 Å². The number of benzene rings is 1. The fraction of sp³-hybridized carbons (Fsp3) is 0.423. The molecule has 0 radical (unpaired) electrons. The number of carbonyl (C=O) groups excluding carboxylic acids is 1. The SMILES string of the molecule is COc1nn(C)c2nc(C)c(CCC(=O)N3CCCC(c4nc(-c5cccc(F)c5)no4)C3)c(C)c12. The summed E-state index contributed by atoms with van der Waals surface area (Å²) < 4.78 is 26.2. The Morgan fingerprint density at radius 1 is 1.28 bits per heavy atom. The molecule has 0 aliphatic carbocycles. The maximum Gasteiger partial charge on any atom is 0.242 e. The van der Waals surface area contributed by atoms with Crippen LogP contribution in [0.4, 0.5) is 4.39 Å². The van der Waals surface area contributed by atoms with Gasteiger partial charge in [-0.1, -0.05) is 17.3 Å². The minimum atomic E-state index is -0.352. The number of amides is 1. The number of hydrogen-bond acceptors (Lipinski definition) is 7. The molecule has 0 saturated carbocycles. The van der Waals surface area contributed by atoms with Gasteiger partial charge in [-0.05, 0) is 56.4 Å². The molecule has 1 atom stereocenters. The molecule has 1 fully saturated rings. The number of methoxy groups -OCH3 is 1. The van der Waals surface area contributed by atoms with Crippen LogP contribution < -0.4 is 4.74 Å². The van der Waals surface area contributed by atoms with Crippen molar-refractivity contribution >= 4 is 16.9 Å². The molecule has 0 bridgehead atoms. The number of rotatable bonds is 6. The molecule has 1 aromatic carbocycles. The summed E-state index contributed by atoms with van der Waals surface area (Å²) >= 11 is 0. The molecule has 1 unspecified atom stereocenters. The van der Waals surface area contributed by atoms with E-state index < -0.39 is 0 Å². The second kappa shape index (κ2) is 9.67. The molecular weight excluding hydrogens is 463 g/mol. The summed E-state index contributed by atoms with van der Waals surface area (Å²) in [5, 5.41) is 9.31. The number of likely N-dealkylation sites (tertiary alicyclic amines) is 1. The fourth-order valence-electron chi connectivity index (χ4n) is 5.05. The number of ether oxygens (including phenoxy) is 1. The van der Waals surface area contributed by atoms with Crippen LogP contribution in [-0.2, 0) is 18.3 Å². The summed E-state index contributed by atoms with van der Waals surface area (Å²) in [6.45, 7) is 5.22.